The van der Waals surface area contributed by atoms with Gasteiger partial charge in [0, 0.05) is 6.20 Å². The molecule has 1 aromatic carbocycles. The zero-order valence-corrected chi connectivity index (χ0v) is 16.2. The van der Waals surface area contributed by atoms with Crippen molar-refractivity contribution >= 4 is 17.5 Å². The summed E-state index contributed by atoms with van der Waals surface area (Å²) in [6.45, 7) is 3.54. The summed E-state index contributed by atoms with van der Waals surface area (Å²) >= 11 is 6.23. The van der Waals surface area contributed by atoms with E-state index in [9.17, 15) is 9.90 Å². The minimum Gasteiger partial charge on any atom is -0.387 e. The third-order valence-electron chi connectivity index (χ3n) is 4.83. The van der Waals surface area contributed by atoms with E-state index in [2.05, 4.69) is 22.0 Å². The Hall–Kier alpha value is -2.86. The molecule has 2 heterocycles. The number of nitrogens with one attached hydrogen (secondary N) is 2. The van der Waals surface area contributed by atoms with Crippen molar-refractivity contribution in [2.24, 2.45) is 5.73 Å². The molecular weight excluding hydrogens is 380 g/mol. The number of aromatic nitrogens is 2. The Bertz CT molecular complexity index is 977. The molecule has 5 N–H and O–H groups in total. The molecule has 0 fully saturated rings. The summed E-state index contributed by atoms with van der Waals surface area (Å²) < 4.78 is 1.62. The molecular formula is C19H21ClN6O2. The van der Waals surface area contributed by atoms with E-state index in [1.165, 1.54) is 6.07 Å². The predicted molar refractivity (Wildman–Crippen MR) is 104 cm³/mol. The SMILES string of the molecule is C[C@H](O)c1cc(C(N)=O)nn1[C@@H](C)CC1(c2ccc(C#N)c(Cl)c2)C=CNN1. The van der Waals surface area contributed by atoms with E-state index in [4.69, 9.17) is 22.6 Å². The molecule has 146 valence electrons. The van der Waals surface area contributed by atoms with E-state index in [1.54, 1.807) is 29.9 Å². The Balaban J connectivity index is 1.98. The van der Waals surface area contributed by atoms with Crippen molar-refractivity contribution in [2.45, 2.75) is 38.0 Å². The number of nitrogens with two attached hydrogens (primary N) is 1. The van der Waals surface area contributed by atoms with Gasteiger partial charge >= 0.3 is 0 Å². The number of hydrazine groups is 1. The predicted octanol–water partition coefficient (Wildman–Crippen LogP) is 2.03. The average molecular weight is 401 g/mol. The molecule has 0 spiro atoms. The highest BCUT2D eigenvalue weighted by atomic mass is 35.5. The number of hydrogen-bond acceptors (Lipinski definition) is 6. The third kappa shape index (κ3) is 3.60. The zero-order valence-electron chi connectivity index (χ0n) is 15.5. The van der Waals surface area contributed by atoms with E-state index < -0.39 is 17.6 Å². The second-order valence-corrected chi connectivity index (χ2v) is 7.28. The molecule has 2 aromatic rings. The molecule has 1 aromatic heterocycles. The van der Waals surface area contributed by atoms with E-state index in [0.29, 0.717) is 22.7 Å². The summed E-state index contributed by atoms with van der Waals surface area (Å²) in [5, 5.41) is 23.8. The molecule has 8 nitrogen and oxygen atoms in total. The summed E-state index contributed by atoms with van der Waals surface area (Å²) in [6.07, 6.45) is 3.46. The van der Waals surface area contributed by atoms with Crippen LogP contribution in [0.4, 0.5) is 0 Å². The van der Waals surface area contributed by atoms with Gasteiger partial charge in [-0.1, -0.05) is 17.7 Å². The first kappa shape index (κ1) is 19.9. The van der Waals surface area contributed by atoms with Crippen LogP contribution in [0, 0.1) is 11.3 Å². The maximum Gasteiger partial charge on any atom is 0.269 e. The molecule has 9 heteroatoms. The second kappa shape index (κ2) is 7.64. The molecule has 1 aliphatic heterocycles. The van der Waals surface area contributed by atoms with Crippen LogP contribution in [-0.4, -0.2) is 20.8 Å². The number of halogens is 1. The lowest BCUT2D eigenvalue weighted by Gasteiger charge is -2.32. The Labute approximate surface area is 167 Å². The number of nitriles is 1. The smallest absolute Gasteiger partial charge is 0.269 e. The van der Waals surface area contributed by atoms with Crippen LogP contribution in [0.1, 0.15) is 59.7 Å². The molecule has 3 atom stereocenters. The molecule has 0 aliphatic carbocycles. The lowest BCUT2D eigenvalue weighted by atomic mass is 9.84. The summed E-state index contributed by atoms with van der Waals surface area (Å²) in [4.78, 5) is 11.5. The van der Waals surface area contributed by atoms with Crippen molar-refractivity contribution in [3.8, 4) is 6.07 Å². The number of hydrogen-bond donors (Lipinski definition) is 4. The van der Waals surface area contributed by atoms with Gasteiger partial charge in [-0.15, -0.1) is 0 Å². The van der Waals surface area contributed by atoms with E-state index in [-0.39, 0.29) is 11.7 Å². The molecule has 1 amide bonds. The summed E-state index contributed by atoms with van der Waals surface area (Å²) in [6, 6.07) is 8.63. The number of aliphatic hydroxyl groups is 1. The zero-order chi connectivity index (χ0) is 20.5. The Morgan fingerprint density at radius 3 is 2.75 bits per heavy atom. The molecule has 0 saturated heterocycles. The van der Waals surface area contributed by atoms with Crippen LogP contribution in [0.3, 0.4) is 0 Å². The Morgan fingerprint density at radius 2 is 2.21 bits per heavy atom. The highest BCUT2D eigenvalue weighted by Crippen LogP contribution is 2.36. The van der Waals surface area contributed by atoms with Crippen molar-refractivity contribution in [3.05, 3.63) is 64.1 Å². The Kier molecular flexibility index (Phi) is 5.42. The number of benzene rings is 1. The highest BCUT2D eigenvalue weighted by Gasteiger charge is 2.35. The normalized spacial score (nSPS) is 20.4. The first-order chi connectivity index (χ1) is 13.3. The number of amides is 1. The standard InChI is InChI=1S/C19H21ClN6O2/c1-11(26-17(12(2)27)8-16(24-26)18(22)28)9-19(5-6-23-25-19)14-4-3-13(10-21)15(20)7-14/h3-8,11-12,23,25,27H,9H2,1-2H3,(H2,22,28)/t11-,12-,19?/m0/s1. The monoisotopic (exact) mass is 400 g/mol. The highest BCUT2D eigenvalue weighted by molar-refractivity contribution is 6.31. The molecule has 3 rings (SSSR count). The number of carbonyl (C=O) groups is 1. The minimum absolute atomic E-state index is 0.103. The summed E-state index contributed by atoms with van der Waals surface area (Å²) in [7, 11) is 0. The van der Waals surface area contributed by atoms with Gasteiger partial charge in [-0.25, -0.2) is 5.43 Å². The van der Waals surface area contributed by atoms with Gasteiger partial charge in [0.25, 0.3) is 5.91 Å². The van der Waals surface area contributed by atoms with Crippen LogP contribution in [0.5, 0.6) is 0 Å². The fraction of sp³-hybridized carbons (Fsp3) is 0.316. The fourth-order valence-corrected chi connectivity index (χ4v) is 3.65. The maximum absolute atomic E-state index is 11.5. The van der Waals surface area contributed by atoms with Crippen LogP contribution in [0.25, 0.3) is 0 Å². The van der Waals surface area contributed by atoms with Gasteiger partial charge in [0.1, 0.15) is 11.8 Å². The van der Waals surface area contributed by atoms with Crippen molar-refractivity contribution < 1.29 is 9.90 Å². The largest absolute Gasteiger partial charge is 0.387 e. The van der Waals surface area contributed by atoms with Crippen LogP contribution < -0.4 is 16.6 Å². The number of rotatable bonds is 6. The summed E-state index contributed by atoms with van der Waals surface area (Å²) in [5.41, 5.74) is 12.8. The van der Waals surface area contributed by atoms with Crippen molar-refractivity contribution in [1.29, 1.82) is 5.26 Å². The van der Waals surface area contributed by atoms with E-state index in [1.807, 2.05) is 19.1 Å². The Morgan fingerprint density at radius 1 is 1.46 bits per heavy atom. The van der Waals surface area contributed by atoms with Gasteiger partial charge in [-0.3, -0.25) is 9.48 Å². The van der Waals surface area contributed by atoms with Crippen molar-refractivity contribution in [1.82, 2.24) is 20.6 Å². The van der Waals surface area contributed by atoms with Crippen molar-refractivity contribution in [3.63, 3.8) is 0 Å². The molecule has 0 radical (unpaired) electrons. The minimum atomic E-state index is -0.812. The average Bonchev–Trinajstić information content (AvgIpc) is 3.29. The molecule has 28 heavy (non-hydrogen) atoms. The first-order valence-corrected chi connectivity index (χ1v) is 9.13. The van der Waals surface area contributed by atoms with Gasteiger partial charge in [0.15, 0.2) is 0 Å². The van der Waals surface area contributed by atoms with Crippen LogP contribution in [0.2, 0.25) is 5.02 Å². The lowest BCUT2D eigenvalue weighted by molar-refractivity contribution is 0.0994. The van der Waals surface area contributed by atoms with Crippen molar-refractivity contribution in [2.75, 3.05) is 0 Å². The van der Waals surface area contributed by atoms with Gasteiger partial charge in [0.2, 0.25) is 0 Å². The molecule has 1 aliphatic rings. The lowest BCUT2D eigenvalue weighted by Crippen LogP contribution is -2.43. The van der Waals surface area contributed by atoms with Crippen LogP contribution >= 0.6 is 11.6 Å². The molecule has 0 bridgehead atoms. The topological polar surface area (TPSA) is 129 Å². The van der Waals surface area contributed by atoms with Gasteiger partial charge in [0.05, 0.1) is 34.0 Å². The first-order valence-electron chi connectivity index (χ1n) is 8.75. The molecule has 1 unspecified atom stereocenters. The van der Waals surface area contributed by atoms with Gasteiger partial charge in [-0.05, 0) is 50.1 Å². The van der Waals surface area contributed by atoms with Crippen LogP contribution in [-0.2, 0) is 5.54 Å². The second-order valence-electron chi connectivity index (χ2n) is 6.87. The fourth-order valence-electron chi connectivity index (χ4n) is 3.43. The number of nitrogens with zero attached hydrogens (tertiary/aromatic N) is 3. The van der Waals surface area contributed by atoms with E-state index >= 15 is 0 Å². The number of aliphatic hydroxyl groups excluding tert-OH is 1. The summed E-state index contributed by atoms with van der Waals surface area (Å²) in [5.74, 6) is -0.651. The number of primary amides is 1. The van der Waals surface area contributed by atoms with E-state index in [0.717, 1.165) is 5.56 Å². The maximum atomic E-state index is 11.5. The quantitative estimate of drug-likeness (QED) is 0.587. The third-order valence-corrected chi connectivity index (χ3v) is 5.14. The van der Waals surface area contributed by atoms with Gasteiger partial charge in [-0.2, -0.15) is 10.4 Å². The van der Waals surface area contributed by atoms with Gasteiger partial charge < -0.3 is 16.3 Å². The number of carbonyl (C=O) groups excluding carboxylic acids is 1. The molecule has 0 saturated carbocycles. The van der Waals surface area contributed by atoms with Crippen LogP contribution in [0.15, 0.2) is 36.5 Å².